The summed E-state index contributed by atoms with van der Waals surface area (Å²) in [6.45, 7) is 2.51. The van der Waals surface area contributed by atoms with Crippen LogP contribution in [0.3, 0.4) is 0 Å². The second kappa shape index (κ2) is 5.97. The Balaban J connectivity index is 2.85. The van der Waals surface area contributed by atoms with Crippen molar-refractivity contribution in [1.82, 2.24) is 0 Å². The molecule has 0 fully saturated rings. The van der Waals surface area contributed by atoms with Crippen molar-refractivity contribution in [3.05, 3.63) is 24.3 Å². The Kier molecular flexibility index (Phi) is 4.83. The minimum Gasteiger partial charge on any atom is -0.433 e. The summed E-state index contributed by atoms with van der Waals surface area (Å²) in [6, 6.07) is 5.22. The van der Waals surface area contributed by atoms with Crippen molar-refractivity contribution in [2.75, 3.05) is 5.32 Å². The van der Waals surface area contributed by atoms with Crippen LogP contribution < -0.4 is 15.8 Å². The number of hydrogen-bond donors (Lipinski definition) is 2. The van der Waals surface area contributed by atoms with E-state index >= 15 is 0 Å². The predicted octanol–water partition coefficient (Wildman–Crippen LogP) is 2.60. The van der Waals surface area contributed by atoms with Gasteiger partial charge in [-0.3, -0.25) is 4.79 Å². The topological polar surface area (TPSA) is 64.4 Å². The molecule has 0 saturated heterocycles. The molecule has 1 aromatic rings. The number of rotatable bonds is 4. The summed E-state index contributed by atoms with van der Waals surface area (Å²) >= 11 is 0. The first-order valence-electron chi connectivity index (χ1n) is 5.82. The van der Waals surface area contributed by atoms with E-state index in [4.69, 9.17) is 5.73 Å². The summed E-state index contributed by atoms with van der Waals surface area (Å²) < 4.78 is 28.8. The molecule has 0 bridgehead atoms. The molecule has 19 heavy (non-hydrogen) atoms. The van der Waals surface area contributed by atoms with Gasteiger partial charge in [-0.15, -0.1) is 0 Å². The molecule has 0 saturated carbocycles. The summed E-state index contributed by atoms with van der Waals surface area (Å²) in [5.74, 6) is -0.537. The van der Waals surface area contributed by atoms with E-state index in [-0.39, 0.29) is 11.4 Å². The predicted molar refractivity (Wildman–Crippen MR) is 69.1 cm³/mol. The van der Waals surface area contributed by atoms with E-state index in [1.54, 1.807) is 6.07 Å². The standard InChI is InChI=1S/C13H18F2N2O2/c1-13(2,3)10(16)11(18)17-8-6-4-5-7-9(8)19-12(14)15/h4-7,10,12H,16H2,1-3H3,(H,17,18)/t10-/m1/s1. The average molecular weight is 272 g/mol. The zero-order valence-corrected chi connectivity index (χ0v) is 11.1. The third-order valence-corrected chi connectivity index (χ3v) is 2.58. The molecule has 0 spiro atoms. The fourth-order valence-corrected chi connectivity index (χ4v) is 1.37. The highest BCUT2D eigenvalue weighted by Crippen LogP contribution is 2.26. The lowest BCUT2D eigenvalue weighted by molar-refractivity contribution is -0.119. The third-order valence-electron chi connectivity index (χ3n) is 2.58. The van der Waals surface area contributed by atoms with Gasteiger partial charge < -0.3 is 15.8 Å². The maximum atomic E-state index is 12.2. The number of carbonyl (C=O) groups excluding carboxylic acids is 1. The molecule has 3 N–H and O–H groups in total. The summed E-state index contributed by atoms with van der Waals surface area (Å²) in [5, 5.41) is 2.50. The van der Waals surface area contributed by atoms with Crippen LogP contribution in [0.25, 0.3) is 0 Å². The van der Waals surface area contributed by atoms with Crippen LogP contribution in [0, 0.1) is 5.41 Å². The number of ether oxygens (including phenoxy) is 1. The van der Waals surface area contributed by atoms with Crippen LogP contribution in [-0.2, 0) is 4.79 Å². The van der Waals surface area contributed by atoms with Gasteiger partial charge in [0.25, 0.3) is 0 Å². The van der Waals surface area contributed by atoms with E-state index in [2.05, 4.69) is 10.1 Å². The molecule has 0 unspecified atom stereocenters. The van der Waals surface area contributed by atoms with E-state index in [0.29, 0.717) is 0 Å². The molecule has 1 rings (SSSR count). The molecule has 0 heterocycles. The highest BCUT2D eigenvalue weighted by Gasteiger charge is 2.28. The lowest BCUT2D eigenvalue weighted by Gasteiger charge is -2.26. The molecule has 106 valence electrons. The maximum absolute atomic E-state index is 12.2. The molecule has 0 aliphatic carbocycles. The molecule has 0 aliphatic heterocycles. The largest absolute Gasteiger partial charge is 0.433 e. The molecule has 0 aromatic heterocycles. The van der Waals surface area contributed by atoms with Gasteiger partial charge in [0.15, 0.2) is 0 Å². The van der Waals surface area contributed by atoms with Crippen molar-refractivity contribution < 1.29 is 18.3 Å². The van der Waals surface area contributed by atoms with E-state index in [0.717, 1.165) is 0 Å². The van der Waals surface area contributed by atoms with E-state index < -0.39 is 24.0 Å². The monoisotopic (exact) mass is 272 g/mol. The van der Waals surface area contributed by atoms with Gasteiger partial charge in [-0.25, -0.2) is 0 Å². The number of nitrogens with one attached hydrogen (secondary N) is 1. The minimum atomic E-state index is -2.95. The van der Waals surface area contributed by atoms with E-state index in [9.17, 15) is 13.6 Å². The number of amides is 1. The molecule has 6 heteroatoms. The summed E-state index contributed by atoms with van der Waals surface area (Å²) in [5.41, 5.74) is 5.54. The van der Waals surface area contributed by atoms with Crippen LogP contribution in [0.5, 0.6) is 5.75 Å². The summed E-state index contributed by atoms with van der Waals surface area (Å²) in [4.78, 5) is 11.9. The highest BCUT2D eigenvalue weighted by molar-refractivity contribution is 5.96. The number of carbonyl (C=O) groups is 1. The van der Waals surface area contributed by atoms with Crippen molar-refractivity contribution >= 4 is 11.6 Å². The summed E-state index contributed by atoms with van der Waals surface area (Å²) in [7, 11) is 0. The normalized spacial score (nSPS) is 13.2. The fraction of sp³-hybridized carbons (Fsp3) is 0.462. The first-order chi connectivity index (χ1) is 8.71. The van der Waals surface area contributed by atoms with E-state index in [1.807, 2.05) is 20.8 Å². The number of benzene rings is 1. The van der Waals surface area contributed by atoms with Gasteiger partial charge in [-0.05, 0) is 17.5 Å². The molecular formula is C13H18F2N2O2. The van der Waals surface area contributed by atoms with Crippen molar-refractivity contribution in [3.63, 3.8) is 0 Å². The minimum absolute atomic E-state index is 0.0908. The molecule has 0 radical (unpaired) electrons. The second-order valence-electron chi connectivity index (χ2n) is 5.21. The van der Waals surface area contributed by atoms with Crippen molar-refractivity contribution in [2.45, 2.75) is 33.4 Å². The number of nitrogens with two attached hydrogens (primary N) is 1. The molecule has 0 aliphatic rings. The quantitative estimate of drug-likeness (QED) is 0.885. The lowest BCUT2D eigenvalue weighted by atomic mass is 9.87. The molecule has 1 amide bonds. The second-order valence-corrected chi connectivity index (χ2v) is 5.21. The SMILES string of the molecule is CC(C)(C)[C@H](N)C(=O)Nc1ccccc1OC(F)F. The van der Waals surface area contributed by atoms with Gasteiger partial charge in [0, 0.05) is 0 Å². The zero-order valence-electron chi connectivity index (χ0n) is 11.1. The maximum Gasteiger partial charge on any atom is 0.387 e. The number of hydrogen-bond acceptors (Lipinski definition) is 3. The van der Waals surface area contributed by atoms with Gasteiger partial charge in [-0.2, -0.15) is 8.78 Å². The Morgan fingerprint density at radius 2 is 1.89 bits per heavy atom. The molecule has 1 atom stereocenters. The van der Waals surface area contributed by atoms with Gasteiger partial charge in [0.1, 0.15) is 5.75 Å². The number of anilines is 1. The van der Waals surface area contributed by atoms with Crippen LogP contribution in [0.2, 0.25) is 0 Å². The third kappa shape index (κ3) is 4.48. The number of halogens is 2. The average Bonchev–Trinajstić information content (AvgIpc) is 2.28. The Morgan fingerprint density at radius 3 is 2.42 bits per heavy atom. The molecule has 4 nitrogen and oxygen atoms in total. The Labute approximate surface area is 110 Å². The number of alkyl halides is 2. The fourth-order valence-electron chi connectivity index (χ4n) is 1.37. The van der Waals surface area contributed by atoms with Crippen molar-refractivity contribution in [2.24, 2.45) is 11.1 Å². The Morgan fingerprint density at radius 1 is 1.32 bits per heavy atom. The van der Waals surface area contributed by atoms with Gasteiger partial charge in [0.05, 0.1) is 11.7 Å². The van der Waals surface area contributed by atoms with Crippen LogP contribution in [-0.4, -0.2) is 18.6 Å². The smallest absolute Gasteiger partial charge is 0.387 e. The van der Waals surface area contributed by atoms with Crippen LogP contribution >= 0.6 is 0 Å². The zero-order chi connectivity index (χ0) is 14.6. The van der Waals surface area contributed by atoms with Gasteiger partial charge in [0.2, 0.25) is 5.91 Å². The van der Waals surface area contributed by atoms with Gasteiger partial charge in [-0.1, -0.05) is 32.9 Å². The first-order valence-corrected chi connectivity index (χ1v) is 5.82. The lowest BCUT2D eigenvalue weighted by Crippen LogP contribution is -2.45. The van der Waals surface area contributed by atoms with Crippen molar-refractivity contribution in [1.29, 1.82) is 0 Å². The van der Waals surface area contributed by atoms with Crippen LogP contribution in [0.1, 0.15) is 20.8 Å². The van der Waals surface area contributed by atoms with Crippen molar-refractivity contribution in [3.8, 4) is 5.75 Å². The highest BCUT2D eigenvalue weighted by atomic mass is 19.3. The summed E-state index contributed by atoms with van der Waals surface area (Å²) in [6.07, 6.45) is 0. The van der Waals surface area contributed by atoms with Crippen LogP contribution in [0.15, 0.2) is 24.3 Å². The molecular weight excluding hydrogens is 254 g/mol. The Hall–Kier alpha value is -1.69. The van der Waals surface area contributed by atoms with Gasteiger partial charge >= 0.3 is 6.61 Å². The first kappa shape index (κ1) is 15.4. The van der Waals surface area contributed by atoms with Crippen LogP contribution in [0.4, 0.5) is 14.5 Å². The van der Waals surface area contributed by atoms with E-state index in [1.165, 1.54) is 18.2 Å². The number of para-hydroxylation sites is 2. The Bertz CT molecular complexity index is 445. The molecule has 1 aromatic carbocycles.